The summed E-state index contributed by atoms with van der Waals surface area (Å²) in [7, 11) is 0. The summed E-state index contributed by atoms with van der Waals surface area (Å²) in [6, 6.07) is 0. The molecule has 1 amide bonds. The number of carbonyl (C=O) groups excluding carboxylic acids is 1. The first-order valence-corrected chi connectivity index (χ1v) is 6.88. The van der Waals surface area contributed by atoms with Gasteiger partial charge in [-0.15, -0.1) is 0 Å². The zero-order chi connectivity index (χ0) is 13.0. The molecule has 0 bridgehead atoms. The number of hydrogen-bond acceptors (Lipinski definition) is 3. The van der Waals surface area contributed by atoms with E-state index in [1.807, 2.05) is 4.90 Å². The van der Waals surface area contributed by atoms with Gasteiger partial charge < -0.3 is 15.3 Å². The van der Waals surface area contributed by atoms with Crippen LogP contribution in [-0.4, -0.2) is 48.1 Å². The zero-order valence-electron chi connectivity index (χ0n) is 10.7. The lowest BCUT2D eigenvalue weighted by Crippen LogP contribution is -2.42. The van der Waals surface area contributed by atoms with Crippen molar-refractivity contribution in [1.29, 1.82) is 0 Å². The highest BCUT2D eigenvalue weighted by Gasteiger charge is 2.28. The van der Waals surface area contributed by atoms with Gasteiger partial charge in [0.1, 0.15) is 0 Å². The van der Waals surface area contributed by atoms with Gasteiger partial charge in [0, 0.05) is 19.5 Å². The van der Waals surface area contributed by atoms with Gasteiger partial charge in [0.05, 0.1) is 5.92 Å². The SMILES string of the molecule is O=C(O)C1CCN(C(=O)CC2CCCNC2)CC1. The van der Waals surface area contributed by atoms with Crippen LogP contribution in [0, 0.1) is 11.8 Å². The van der Waals surface area contributed by atoms with E-state index in [-0.39, 0.29) is 11.8 Å². The fraction of sp³-hybridized carbons (Fsp3) is 0.846. The number of nitrogens with one attached hydrogen (secondary N) is 1. The minimum absolute atomic E-state index is 0.201. The second kappa shape index (κ2) is 6.18. The molecule has 0 aromatic rings. The third kappa shape index (κ3) is 3.45. The smallest absolute Gasteiger partial charge is 0.306 e. The van der Waals surface area contributed by atoms with Gasteiger partial charge in [0.25, 0.3) is 0 Å². The molecule has 0 aliphatic carbocycles. The van der Waals surface area contributed by atoms with E-state index < -0.39 is 5.97 Å². The Hall–Kier alpha value is -1.10. The van der Waals surface area contributed by atoms with Gasteiger partial charge in [0.15, 0.2) is 0 Å². The normalized spacial score (nSPS) is 26.0. The molecule has 0 aromatic carbocycles. The summed E-state index contributed by atoms with van der Waals surface area (Å²) < 4.78 is 0. The average molecular weight is 254 g/mol. The highest BCUT2D eigenvalue weighted by molar-refractivity contribution is 5.77. The lowest BCUT2D eigenvalue weighted by molar-refractivity contribution is -0.146. The van der Waals surface area contributed by atoms with Crippen molar-refractivity contribution in [2.75, 3.05) is 26.2 Å². The molecule has 5 nitrogen and oxygen atoms in total. The van der Waals surface area contributed by atoms with Crippen LogP contribution in [0.5, 0.6) is 0 Å². The molecule has 2 saturated heterocycles. The molecule has 1 atom stereocenters. The number of carbonyl (C=O) groups is 2. The van der Waals surface area contributed by atoms with Crippen molar-refractivity contribution in [3.63, 3.8) is 0 Å². The van der Waals surface area contributed by atoms with Gasteiger partial charge >= 0.3 is 5.97 Å². The number of nitrogens with zero attached hydrogens (tertiary/aromatic N) is 1. The molecular formula is C13H22N2O3. The third-order valence-corrected chi connectivity index (χ3v) is 4.06. The molecule has 2 fully saturated rings. The maximum absolute atomic E-state index is 12.1. The van der Waals surface area contributed by atoms with E-state index in [9.17, 15) is 9.59 Å². The molecule has 2 aliphatic rings. The van der Waals surface area contributed by atoms with Crippen LogP contribution >= 0.6 is 0 Å². The maximum atomic E-state index is 12.1. The molecule has 2 rings (SSSR count). The number of carboxylic acids is 1. The Morgan fingerprint density at radius 1 is 1.22 bits per heavy atom. The van der Waals surface area contributed by atoms with Gasteiger partial charge in [-0.3, -0.25) is 9.59 Å². The monoisotopic (exact) mass is 254 g/mol. The number of rotatable bonds is 3. The van der Waals surface area contributed by atoms with Gasteiger partial charge in [-0.25, -0.2) is 0 Å². The number of carboxylic acid groups (broad SMARTS) is 1. The molecule has 2 aliphatic heterocycles. The summed E-state index contributed by atoms with van der Waals surface area (Å²) in [5, 5.41) is 12.2. The largest absolute Gasteiger partial charge is 0.481 e. The predicted octanol–water partition coefficient (Wildman–Crippen LogP) is 0.699. The first-order valence-electron chi connectivity index (χ1n) is 6.88. The molecule has 0 aromatic heterocycles. The Morgan fingerprint density at radius 2 is 1.94 bits per heavy atom. The van der Waals surface area contributed by atoms with Crippen LogP contribution in [0.4, 0.5) is 0 Å². The van der Waals surface area contributed by atoms with E-state index in [2.05, 4.69) is 5.32 Å². The van der Waals surface area contributed by atoms with E-state index >= 15 is 0 Å². The van der Waals surface area contributed by atoms with Crippen molar-refractivity contribution >= 4 is 11.9 Å². The number of piperidine rings is 2. The van der Waals surface area contributed by atoms with E-state index in [4.69, 9.17) is 5.11 Å². The van der Waals surface area contributed by atoms with Gasteiger partial charge in [0.2, 0.25) is 5.91 Å². The zero-order valence-corrected chi connectivity index (χ0v) is 10.7. The molecule has 5 heteroatoms. The number of amides is 1. The van der Waals surface area contributed by atoms with Crippen molar-refractivity contribution in [2.45, 2.75) is 32.1 Å². The summed E-state index contributed by atoms with van der Waals surface area (Å²) in [5.74, 6) is -0.319. The van der Waals surface area contributed by atoms with E-state index in [1.54, 1.807) is 0 Å². The molecule has 2 heterocycles. The summed E-state index contributed by atoms with van der Waals surface area (Å²) in [6.45, 7) is 3.22. The van der Waals surface area contributed by atoms with Crippen LogP contribution in [0.2, 0.25) is 0 Å². The van der Waals surface area contributed by atoms with Crippen molar-refractivity contribution < 1.29 is 14.7 Å². The van der Waals surface area contributed by atoms with Crippen LogP contribution in [0.1, 0.15) is 32.1 Å². The van der Waals surface area contributed by atoms with Gasteiger partial charge in [-0.2, -0.15) is 0 Å². The molecule has 2 N–H and O–H groups in total. The van der Waals surface area contributed by atoms with Crippen LogP contribution in [0.25, 0.3) is 0 Å². The van der Waals surface area contributed by atoms with Gasteiger partial charge in [-0.1, -0.05) is 0 Å². The molecule has 0 saturated carbocycles. The topological polar surface area (TPSA) is 69.6 Å². The highest BCUT2D eigenvalue weighted by atomic mass is 16.4. The Bertz CT molecular complexity index is 305. The average Bonchev–Trinajstić information content (AvgIpc) is 2.40. The summed E-state index contributed by atoms with van der Waals surface area (Å²) in [4.78, 5) is 24.8. The molecule has 1 unspecified atom stereocenters. The predicted molar refractivity (Wildman–Crippen MR) is 67.2 cm³/mol. The first kappa shape index (κ1) is 13.3. The molecule has 102 valence electrons. The summed E-state index contributed by atoms with van der Waals surface area (Å²) in [6.07, 6.45) is 4.10. The van der Waals surface area contributed by atoms with Crippen LogP contribution in [-0.2, 0) is 9.59 Å². The quantitative estimate of drug-likeness (QED) is 0.778. The second-order valence-electron chi connectivity index (χ2n) is 5.41. The van der Waals surface area contributed by atoms with Crippen molar-refractivity contribution in [3.05, 3.63) is 0 Å². The van der Waals surface area contributed by atoms with Crippen LogP contribution in [0.15, 0.2) is 0 Å². The molecule has 0 spiro atoms. The molecule has 18 heavy (non-hydrogen) atoms. The first-order chi connectivity index (χ1) is 8.66. The van der Waals surface area contributed by atoms with E-state index in [1.165, 1.54) is 0 Å². The fourth-order valence-electron chi connectivity index (χ4n) is 2.85. The third-order valence-electron chi connectivity index (χ3n) is 4.06. The lowest BCUT2D eigenvalue weighted by Gasteiger charge is -2.32. The van der Waals surface area contributed by atoms with Crippen molar-refractivity contribution in [1.82, 2.24) is 10.2 Å². The fourth-order valence-corrected chi connectivity index (χ4v) is 2.85. The summed E-state index contributed by atoms with van der Waals surface area (Å²) in [5.41, 5.74) is 0. The Labute approximate surface area is 108 Å². The molecule has 0 radical (unpaired) electrons. The van der Waals surface area contributed by atoms with Gasteiger partial charge in [-0.05, 0) is 44.7 Å². The molecular weight excluding hydrogens is 232 g/mol. The number of hydrogen-bond donors (Lipinski definition) is 2. The van der Waals surface area contributed by atoms with E-state index in [0.717, 1.165) is 25.9 Å². The Morgan fingerprint density at radius 3 is 2.50 bits per heavy atom. The standard InChI is InChI=1S/C13H22N2O3/c16-12(8-10-2-1-5-14-9-10)15-6-3-11(4-7-15)13(17)18/h10-11,14H,1-9H2,(H,17,18). The maximum Gasteiger partial charge on any atom is 0.306 e. The van der Waals surface area contributed by atoms with E-state index in [0.29, 0.717) is 38.3 Å². The minimum Gasteiger partial charge on any atom is -0.481 e. The summed E-state index contributed by atoms with van der Waals surface area (Å²) >= 11 is 0. The van der Waals surface area contributed by atoms with Crippen LogP contribution in [0.3, 0.4) is 0 Å². The Balaban J connectivity index is 1.75. The highest BCUT2D eigenvalue weighted by Crippen LogP contribution is 2.20. The minimum atomic E-state index is -0.724. The van der Waals surface area contributed by atoms with Crippen molar-refractivity contribution in [3.8, 4) is 0 Å². The van der Waals surface area contributed by atoms with Crippen molar-refractivity contribution in [2.24, 2.45) is 11.8 Å². The number of likely N-dealkylation sites (tertiary alicyclic amines) is 1. The number of aliphatic carboxylic acids is 1. The lowest BCUT2D eigenvalue weighted by atomic mass is 9.93. The Kier molecular flexibility index (Phi) is 4.58. The van der Waals surface area contributed by atoms with Crippen LogP contribution < -0.4 is 5.32 Å². The second-order valence-corrected chi connectivity index (χ2v) is 5.41.